The Labute approximate surface area is 107 Å². The lowest BCUT2D eigenvalue weighted by molar-refractivity contribution is -0.106. The van der Waals surface area contributed by atoms with Crippen LogP contribution in [0.5, 0.6) is 11.5 Å². The number of hydrogen-bond acceptors (Lipinski definition) is 4. The summed E-state index contributed by atoms with van der Waals surface area (Å²) in [5.74, 6) is 1.71. The third-order valence-electron chi connectivity index (χ3n) is 3.64. The van der Waals surface area contributed by atoms with E-state index < -0.39 is 0 Å². The first kappa shape index (κ1) is 11.8. The Kier molecular flexibility index (Phi) is 3.14. The molecule has 0 amide bonds. The lowest BCUT2D eigenvalue weighted by atomic mass is 9.80. The maximum Gasteiger partial charge on any atom is 0.161 e. The molecule has 2 aliphatic heterocycles. The van der Waals surface area contributed by atoms with Gasteiger partial charge in [0.05, 0.1) is 26.4 Å². The fraction of sp³-hybridized carbons (Fsp3) is 0.571. The number of rotatable bonds is 3. The Morgan fingerprint density at radius 1 is 1.11 bits per heavy atom. The first-order valence-electron chi connectivity index (χ1n) is 6.48. The monoisotopic (exact) mass is 249 g/mol. The first-order chi connectivity index (χ1) is 8.81. The van der Waals surface area contributed by atoms with Crippen LogP contribution in [0, 0.1) is 5.41 Å². The van der Waals surface area contributed by atoms with E-state index in [1.54, 1.807) is 0 Å². The van der Waals surface area contributed by atoms with Crippen LogP contribution in [-0.4, -0.2) is 33.0 Å². The average molecular weight is 249 g/mol. The van der Waals surface area contributed by atoms with Crippen LogP contribution in [0.15, 0.2) is 18.2 Å². The number of benzene rings is 1. The van der Waals surface area contributed by atoms with Crippen molar-refractivity contribution in [1.29, 1.82) is 0 Å². The maximum atomic E-state index is 5.84. The van der Waals surface area contributed by atoms with Gasteiger partial charge in [-0.15, -0.1) is 0 Å². The Bertz CT molecular complexity index is 424. The minimum absolute atomic E-state index is 0.125. The van der Waals surface area contributed by atoms with Crippen LogP contribution < -0.4 is 15.2 Å². The smallest absolute Gasteiger partial charge is 0.161 e. The molecule has 0 aromatic heterocycles. The summed E-state index contributed by atoms with van der Waals surface area (Å²) in [5, 5.41) is 0. The predicted molar refractivity (Wildman–Crippen MR) is 68.1 cm³/mol. The van der Waals surface area contributed by atoms with Crippen molar-refractivity contribution in [1.82, 2.24) is 0 Å². The number of hydrogen-bond donors (Lipinski definition) is 1. The molecule has 2 N–H and O–H groups in total. The van der Waals surface area contributed by atoms with E-state index in [1.807, 2.05) is 6.07 Å². The second-order valence-electron chi connectivity index (χ2n) is 5.21. The number of ether oxygens (including phenoxy) is 3. The third-order valence-corrected chi connectivity index (χ3v) is 3.64. The van der Waals surface area contributed by atoms with Gasteiger partial charge in [-0.25, -0.2) is 0 Å². The Balaban J connectivity index is 1.79. The van der Waals surface area contributed by atoms with Gasteiger partial charge < -0.3 is 19.9 Å². The highest BCUT2D eigenvalue weighted by Crippen LogP contribution is 2.35. The standard InChI is InChI=1S/C14H19NO3/c15-8-14(9-16-10-14)7-11-2-3-12-13(6-11)18-5-1-4-17-12/h2-3,6H,1,4-5,7-10,15H2. The lowest BCUT2D eigenvalue weighted by Crippen LogP contribution is -2.49. The molecule has 0 spiro atoms. The van der Waals surface area contributed by atoms with Crippen molar-refractivity contribution in [3.8, 4) is 11.5 Å². The molecule has 0 saturated carbocycles. The van der Waals surface area contributed by atoms with E-state index in [-0.39, 0.29) is 5.41 Å². The number of fused-ring (bicyclic) bond motifs is 1. The highest BCUT2D eigenvalue weighted by Gasteiger charge is 2.37. The highest BCUT2D eigenvalue weighted by molar-refractivity contribution is 5.43. The highest BCUT2D eigenvalue weighted by atomic mass is 16.5. The molecule has 0 bridgehead atoms. The molecule has 0 atom stereocenters. The summed E-state index contributed by atoms with van der Waals surface area (Å²) in [7, 11) is 0. The molecule has 1 aromatic carbocycles. The van der Waals surface area contributed by atoms with E-state index in [0.29, 0.717) is 6.54 Å². The van der Waals surface area contributed by atoms with Gasteiger partial charge in [-0.2, -0.15) is 0 Å². The summed E-state index contributed by atoms with van der Waals surface area (Å²) in [5.41, 5.74) is 7.21. The molecule has 1 fully saturated rings. The van der Waals surface area contributed by atoms with E-state index >= 15 is 0 Å². The summed E-state index contributed by atoms with van der Waals surface area (Å²) in [6.45, 7) is 3.64. The van der Waals surface area contributed by atoms with Gasteiger partial charge in [-0.1, -0.05) is 6.07 Å². The van der Waals surface area contributed by atoms with Gasteiger partial charge >= 0.3 is 0 Å². The zero-order valence-corrected chi connectivity index (χ0v) is 10.5. The normalized spacial score (nSPS) is 20.9. The van der Waals surface area contributed by atoms with E-state index in [0.717, 1.165) is 50.8 Å². The zero-order chi connectivity index (χ0) is 12.4. The fourth-order valence-electron chi connectivity index (χ4n) is 2.43. The van der Waals surface area contributed by atoms with Crippen molar-refractivity contribution in [3.05, 3.63) is 23.8 Å². The predicted octanol–water partition coefficient (Wildman–Crippen LogP) is 1.37. The van der Waals surface area contributed by atoms with Gasteiger partial charge in [0, 0.05) is 18.4 Å². The molecule has 1 aromatic rings. The largest absolute Gasteiger partial charge is 0.490 e. The Morgan fingerprint density at radius 2 is 1.89 bits per heavy atom. The summed E-state index contributed by atoms with van der Waals surface area (Å²) in [4.78, 5) is 0. The van der Waals surface area contributed by atoms with Crippen LogP contribution in [0.4, 0.5) is 0 Å². The first-order valence-corrected chi connectivity index (χ1v) is 6.48. The minimum Gasteiger partial charge on any atom is -0.490 e. The molecule has 3 rings (SSSR count). The van der Waals surface area contributed by atoms with Crippen LogP contribution >= 0.6 is 0 Å². The van der Waals surface area contributed by atoms with Crippen molar-refractivity contribution < 1.29 is 14.2 Å². The molecule has 0 radical (unpaired) electrons. The van der Waals surface area contributed by atoms with Gasteiger partial charge in [0.15, 0.2) is 11.5 Å². The SMILES string of the molecule is NCC1(Cc2ccc3c(c2)OCCCO3)COC1. The summed E-state index contributed by atoms with van der Waals surface area (Å²) >= 11 is 0. The molecule has 4 heteroatoms. The van der Waals surface area contributed by atoms with Crippen LogP contribution in [0.25, 0.3) is 0 Å². The van der Waals surface area contributed by atoms with Gasteiger partial charge in [-0.3, -0.25) is 0 Å². The van der Waals surface area contributed by atoms with Gasteiger partial charge in [0.2, 0.25) is 0 Å². The topological polar surface area (TPSA) is 53.7 Å². The molecule has 0 unspecified atom stereocenters. The molecule has 4 nitrogen and oxygen atoms in total. The average Bonchev–Trinajstić information content (AvgIpc) is 2.58. The molecule has 2 aliphatic rings. The van der Waals surface area contributed by atoms with Crippen LogP contribution in [0.3, 0.4) is 0 Å². The summed E-state index contributed by atoms with van der Waals surface area (Å²) < 4.78 is 16.6. The van der Waals surface area contributed by atoms with E-state index in [2.05, 4.69) is 12.1 Å². The van der Waals surface area contributed by atoms with Gasteiger partial charge in [-0.05, 0) is 24.1 Å². The fourth-order valence-corrected chi connectivity index (χ4v) is 2.43. The zero-order valence-electron chi connectivity index (χ0n) is 10.5. The molecule has 0 aliphatic carbocycles. The summed E-state index contributed by atoms with van der Waals surface area (Å²) in [6.07, 6.45) is 1.88. The van der Waals surface area contributed by atoms with Gasteiger partial charge in [0.25, 0.3) is 0 Å². The molecule has 1 saturated heterocycles. The van der Waals surface area contributed by atoms with Crippen LogP contribution in [-0.2, 0) is 11.2 Å². The van der Waals surface area contributed by atoms with E-state index in [1.165, 1.54) is 5.56 Å². The second kappa shape index (κ2) is 4.78. The van der Waals surface area contributed by atoms with Crippen molar-refractivity contribution in [2.45, 2.75) is 12.8 Å². The van der Waals surface area contributed by atoms with Crippen LogP contribution in [0.2, 0.25) is 0 Å². The molecule has 98 valence electrons. The van der Waals surface area contributed by atoms with E-state index in [4.69, 9.17) is 19.9 Å². The Hall–Kier alpha value is -1.26. The van der Waals surface area contributed by atoms with Crippen LogP contribution in [0.1, 0.15) is 12.0 Å². The van der Waals surface area contributed by atoms with Crippen molar-refractivity contribution in [3.63, 3.8) is 0 Å². The lowest BCUT2D eigenvalue weighted by Gasteiger charge is -2.40. The third kappa shape index (κ3) is 2.18. The Morgan fingerprint density at radius 3 is 2.56 bits per heavy atom. The summed E-state index contributed by atoms with van der Waals surface area (Å²) in [6, 6.07) is 6.18. The molecular weight excluding hydrogens is 230 g/mol. The molecule has 18 heavy (non-hydrogen) atoms. The molecule has 2 heterocycles. The van der Waals surface area contributed by atoms with Crippen molar-refractivity contribution in [2.75, 3.05) is 33.0 Å². The van der Waals surface area contributed by atoms with Crippen molar-refractivity contribution in [2.24, 2.45) is 11.1 Å². The van der Waals surface area contributed by atoms with E-state index in [9.17, 15) is 0 Å². The number of nitrogens with two attached hydrogens (primary N) is 1. The minimum atomic E-state index is 0.125. The quantitative estimate of drug-likeness (QED) is 0.879. The maximum absolute atomic E-state index is 5.84. The molecular formula is C14H19NO3. The van der Waals surface area contributed by atoms with Gasteiger partial charge in [0.1, 0.15) is 0 Å². The second-order valence-corrected chi connectivity index (χ2v) is 5.21. The van der Waals surface area contributed by atoms with Crippen molar-refractivity contribution >= 4 is 0 Å².